The molecule has 1 saturated heterocycles. The minimum absolute atomic E-state index is 1.22. The number of hydrogen-bond donors (Lipinski definition) is 0. The van der Waals surface area contributed by atoms with E-state index in [4.69, 9.17) is 0 Å². The third-order valence-corrected chi connectivity index (χ3v) is 4.34. The molecule has 1 heterocycles. The molecule has 5 unspecified atom stereocenters. The molecule has 1 aliphatic rings. The molecule has 0 saturated carbocycles. The number of ether oxygens (including phenoxy) is 1. The Balaban J connectivity index is 3.47. The van der Waals surface area contributed by atoms with E-state index >= 15 is 0 Å². The van der Waals surface area contributed by atoms with Gasteiger partial charge >= 0.3 is 30.9 Å². The van der Waals surface area contributed by atoms with Crippen LogP contribution < -0.4 is 0 Å². The van der Waals surface area contributed by atoms with Crippen molar-refractivity contribution < 1.29 is 79.4 Å². The quantitative estimate of drug-likeness (QED) is 0.310. The van der Waals surface area contributed by atoms with Gasteiger partial charge in [0, 0.05) is 0 Å². The molecule has 192 valence electrons. The van der Waals surface area contributed by atoms with Gasteiger partial charge in [0.25, 0.3) is 11.8 Å². The van der Waals surface area contributed by atoms with E-state index in [1.54, 1.807) is 0 Å². The maximum absolute atomic E-state index is 14.7. The Morgan fingerprint density at radius 3 is 1.41 bits per heavy atom. The SMILES string of the molecule is FC(C(F)(F)F)C(F)(F)C1CCCC(C(F)(C(F)N(C(F)(F)F)C(F)(F)F)C(F)(F)F)O1. The molecule has 0 spiro atoms. The summed E-state index contributed by atoms with van der Waals surface area (Å²) >= 11 is 0. The molecule has 0 N–H and O–H groups in total. The molecule has 0 aromatic carbocycles. The van der Waals surface area contributed by atoms with Crippen LogP contribution >= 0.6 is 0 Å². The topological polar surface area (TPSA) is 12.5 Å². The first-order valence-corrected chi connectivity index (χ1v) is 7.96. The van der Waals surface area contributed by atoms with Gasteiger partial charge in [0.1, 0.15) is 12.2 Å². The van der Waals surface area contributed by atoms with E-state index in [1.807, 2.05) is 0 Å². The van der Waals surface area contributed by atoms with Crippen LogP contribution in [0, 0.1) is 0 Å². The summed E-state index contributed by atoms with van der Waals surface area (Å²) in [5.74, 6) is -5.75. The molecule has 0 bridgehead atoms. The predicted octanol–water partition coefficient (Wildman–Crippen LogP) is 6.37. The fourth-order valence-corrected chi connectivity index (χ4v) is 2.86. The summed E-state index contributed by atoms with van der Waals surface area (Å²) in [6.07, 6.45) is -50.0. The second kappa shape index (κ2) is 8.50. The fourth-order valence-electron chi connectivity index (χ4n) is 2.86. The largest absolute Gasteiger partial charge is 0.469 e. The second-order valence-electron chi connectivity index (χ2n) is 6.53. The molecular weight excluding hydrogens is 509 g/mol. The highest BCUT2D eigenvalue weighted by molar-refractivity contribution is 5.04. The first-order valence-electron chi connectivity index (χ1n) is 7.96. The monoisotopic (exact) mass is 519 g/mol. The number of rotatable bonds is 5. The van der Waals surface area contributed by atoms with Crippen LogP contribution in [0.2, 0.25) is 0 Å². The van der Waals surface area contributed by atoms with Crippen molar-refractivity contribution in [3.05, 3.63) is 0 Å². The van der Waals surface area contributed by atoms with E-state index in [9.17, 15) is 74.6 Å². The lowest BCUT2D eigenvalue weighted by Gasteiger charge is -2.45. The summed E-state index contributed by atoms with van der Waals surface area (Å²) in [6.45, 7) is 0. The van der Waals surface area contributed by atoms with E-state index in [2.05, 4.69) is 4.74 Å². The van der Waals surface area contributed by atoms with Crippen LogP contribution in [0.1, 0.15) is 19.3 Å². The van der Waals surface area contributed by atoms with Gasteiger partial charge in [0.15, 0.2) is 0 Å². The summed E-state index contributed by atoms with van der Waals surface area (Å²) < 4.78 is 224. The van der Waals surface area contributed by atoms with Crippen LogP contribution in [0.25, 0.3) is 0 Å². The van der Waals surface area contributed by atoms with E-state index in [-0.39, 0.29) is 0 Å². The predicted molar refractivity (Wildman–Crippen MR) is 67.1 cm³/mol. The smallest absolute Gasteiger partial charge is 0.365 e. The Bertz CT molecular complexity index is 622. The molecule has 0 aromatic rings. The van der Waals surface area contributed by atoms with Crippen molar-refractivity contribution in [2.75, 3.05) is 0 Å². The molecule has 32 heavy (non-hydrogen) atoms. The van der Waals surface area contributed by atoms with Crippen LogP contribution in [0.5, 0.6) is 0 Å². The number of halogens is 17. The molecular formula is C13H10F17NO. The Morgan fingerprint density at radius 1 is 0.656 bits per heavy atom. The maximum atomic E-state index is 14.7. The van der Waals surface area contributed by atoms with E-state index < -0.39 is 85.4 Å². The second-order valence-corrected chi connectivity index (χ2v) is 6.53. The van der Waals surface area contributed by atoms with Crippen LogP contribution in [0.15, 0.2) is 0 Å². The van der Waals surface area contributed by atoms with E-state index in [0.29, 0.717) is 0 Å². The van der Waals surface area contributed by atoms with E-state index in [1.165, 1.54) is 0 Å². The lowest BCUT2D eigenvalue weighted by atomic mass is 9.87. The summed E-state index contributed by atoms with van der Waals surface area (Å²) in [5.41, 5.74) is -6.32. The van der Waals surface area contributed by atoms with E-state index in [0.717, 1.165) is 0 Å². The minimum atomic E-state index is -7.02. The van der Waals surface area contributed by atoms with Crippen molar-refractivity contribution in [1.29, 1.82) is 0 Å². The van der Waals surface area contributed by atoms with Gasteiger partial charge in [-0.05, 0) is 19.3 Å². The fraction of sp³-hybridized carbons (Fsp3) is 1.00. The van der Waals surface area contributed by atoms with Gasteiger partial charge in [-0.3, -0.25) is 0 Å². The number of nitrogens with zero attached hydrogens (tertiary/aromatic N) is 1. The van der Waals surface area contributed by atoms with Crippen molar-refractivity contribution >= 4 is 0 Å². The molecule has 1 aliphatic heterocycles. The summed E-state index contributed by atoms with van der Waals surface area (Å²) in [7, 11) is 0. The summed E-state index contributed by atoms with van der Waals surface area (Å²) in [6, 6.07) is 0. The highest BCUT2D eigenvalue weighted by Gasteiger charge is 2.75. The summed E-state index contributed by atoms with van der Waals surface area (Å²) in [4.78, 5) is -3.45. The Hall–Kier alpha value is -1.27. The third-order valence-electron chi connectivity index (χ3n) is 4.34. The van der Waals surface area contributed by atoms with Gasteiger partial charge in [-0.25, -0.2) is 22.0 Å². The zero-order valence-corrected chi connectivity index (χ0v) is 14.7. The zero-order valence-electron chi connectivity index (χ0n) is 14.7. The zero-order chi connectivity index (χ0) is 25.7. The van der Waals surface area contributed by atoms with Crippen LogP contribution in [-0.2, 0) is 4.74 Å². The molecule has 0 amide bonds. The van der Waals surface area contributed by atoms with Crippen molar-refractivity contribution in [3.8, 4) is 0 Å². The molecule has 5 atom stereocenters. The highest BCUT2D eigenvalue weighted by Crippen LogP contribution is 2.52. The van der Waals surface area contributed by atoms with Crippen molar-refractivity contribution in [3.63, 3.8) is 0 Å². The van der Waals surface area contributed by atoms with Crippen molar-refractivity contribution in [2.24, 2.45) is 0 Å². The average Bonchev–Trinajstić information content (AvgIpc) is 2.55. The van der Waals surface area contributed by atoms with Gasteiger partial charge in [-0.1, -0.05) is 4.90 Å². The molecule has 19 heteroatoms. The van der Waals surface area contributed by atoms with Crippen LogP contribution in [-0.4, -0.2) is 66.1 Å². The Labute approximate surface area is 166 Å². The third kappa shape index (κ3) is 5.44. The maximum Gasteiger partial charge on any atom is 0.469 e. The van der Waals surface area contributed by atoms with Crippen molar-refractivity contribution in [2.45, 2.75) is 80.5 Å². The molecule has 2 nitrogen and oxygen atoms in total. The number of hydrogen-bond acceptors (Lipinski definition) is 2. The molecule has 1 fully saturated rings. The minimum Gasteiger partial charge on any atom is -0.365 e. The Kier molecular flexibility index (Phi) is 7.64. The van der Waals surface area contributed by atoms with Gasteiger partial charge in [-0.2, -0.15) is 52.7 Å². The van der Waals surface area contributed by atoms with Gasteiger partial charge in [0.05, 0.1) is 0 Å². The lowest BCUT2D eigenvalue weighted by molar-refractivity contribution is -0.428. The number of alkyl halides is 17. The van der Waals surface area contributed by atoms with Crippen molar-refractivity contribution in [1.82, 2.24) is 4.90 Å². The Morgan fingerprint density at radius 2 is 1.06 bits per heavy atom. The van der Waals surface area contributed by atoms with Gasteiger partial charge in [0.2, 0.25) is 6.30 Å². The molecule has 1 rings (SSSR count). The average molecular weight is 519 g/mol. The van der Waals surface area contributed by atoms with Crippen LogP contribution in [0.3, 0.4) is 0 Å². The summed E-state index contributed by atoms with van der Waals surface area (Å²) in [5, 5.41) is 0. The first kappa shape index (κ1) is 28.8. The van der Waals surface area contributed by atoms with Gasteiger partial charge < -0.3 is 4.74 Å². The molecule has 0 radical (unpaired) electrons. The van der Waals surface area contributed by atoms with Crippen LogP contribution in [0.4, 0.5) is 74.6 Å². The highest BCUT2D eigenvalue weighted by atomic mass is 19.4. The molecule has 0 aromatic heterocycles. The molecule has 0 aliphatic carbocycles. The first-order chi connectivity index (χ1) is 13.9. The normalized spacial score (nSPS) is 26.1. The standard InChI is InChI=1S/C13H10F17NO/c14-6(10(19,20)21)9(17,18)5-3-1-2-4(32-5)8(16,11(22,23)24)7(15)31(12(25,26)27)13(28,29)30/h4-7H,1-3H2. The lowest BCUT2D eigenvalue weighted by Crippen LogP contribution is -2.69. The van der Waals surface area contributed by atoms with Gasteiger partial charge in [-0.15, -0.1) is 0 Å².